The van der Waals surface area contributed by atoms with Crippen molar-refractivity contribution in [3.63, 3.8) is 0 Å². The van der Waals surface area contributed by atoms with Crippen LogP contribution >= 0.6 is 24.0 Å². The molecule has 8 nitrogen and oxygen atoms in total. The van der Waals surface area contributed by atoms with Gasteiger partial charge in [-0.2, -0.15) is 0 Å². The molecule has 2 rings (SSSR count). The van der Waals surface area contributed by atoms with Gasteiger partial charge in [0.2, 0.25) is 0 Å². The molecule has 166 valence electrons. The minimum absolute atomic E-state index is 0. The van der Waals surface area contributed by atoms with Gasteiger partial charge in [0.05, 0.1) is 20.0 Å². The summed E-state index contributed by atoms with van der Waals surface area (Å²) in [5, 5.41) is 3.17. The van der Waals surface area contributed by atoms with Gasteiger partial charge in [-0.3, -0.25) is 9.89 Å². The number of ether oxygens (including phenoxy) is 2. The molecule has 1 saturated heterocycles. The largest absolute Gasteiger partial charge is 0.497 e. The van der Waals surface area contributed by atoms with Crippen LogP contribution in [-0.4, -0.2) is 89.7 Å². The molecule has 0 spiro atoms. The van der Waals surface area contributed by atoms with E-state index in [-0.39, 0.29) is 35.5 Å². The van der Waals surface area contributed by atoms with Gasteiger partial charge in [0.1, 0.15) is 11.5 Å². The van der Waals surface area contributed by atoms with Gasteiger partial charge in [-0.15, -0.1) is 24.0 Å². The molecule has 10 heteroatoms. The number of guanidine groups is 1. The fraction of sp³-hybridized carbons (Fsp3) is 0.632. The van der Waals surface area contributed by atoms with Gasteiger partial charge in [0.25, 0.3) is 0 Å². The molecule has 0 atom stereocenters. The number of nitrogens with one attached hydrogen (secondary N) is 1. The Morgan fingerprint density at radius 3 is 2.41 bits per heavy atom. The van der Waals surface area contributed by atoms with Crippen LogP contribution in [0.3, 0.4) is 0 Å². The van der Waals surface area contributed by atoms with Crippen LogP contribution in [0.25, 0.3) is 0 Å². The fourth-order valence-corrected chi connectivity index (χ4v) is 3.86. The van der Waals surface area contributed by atoms with E-state index >= 15 is 0 Å². The highest BCUT2D eigenvalue weighted by Crippen LogP contribution is 2.25. The molecule has 0 bridgehead atoms. The van der Waals surface area contributed by atoms with Crippen LogP contribution in [0.15, 0.2) is 23.2 Å². The quantitative estimate of drug-likeness (QED) is 0.304. The first-order valence-corrected chi connectivity index (χ1v) is 11.3. The maximum absolute atomic E-state index is 11.6. The molecule has 1 aliphatic rings. The number of rotatable bonds is 8. The van der Waals surface area contributed by atoms with Crippen LogP contribution < -0.4 is 14.8 Å². The lowest BCUT2D eigenvalue weighted by molar-refractivity contribution is 0.171. The molecule has 0 aromatic heterocycles. The standard InChI is InChI=1S/C19H32N4O4S.HI/c1-5-28(24,25)13-8-21-19(20-2)23-11-9-22(10-12-23)15-16-14-17(26-3)6-7-18(16)27-4;/h6-7,14H,5,8-13,15H2,1-4H3,(H,20,21);1H. The Kier molecular flexibility index (Phi) is 11.0. The molecular formula is C19H33IN4O4S. The molecule has 1 heterocycles. The van der Waals surface area contributed by atoms with Crippen LogP contribution in [-0.2, 0) is 16.4 Å². The van der Waals surface area contributed by atoms with E-state index in [4.69, 9.17) is 9.47 Å². The summed E-state index contributed by atoms with van der Waals surface area (Å²) in [4.78, 5) is 8.83. The molecule has 1 aromatic carbocycles. The average molecular weight is 540 g/mol. The minimum atomic E-state index is -2.98. The monoisotopic (exact) mass is 540 g/mol. The Labute approximate surface area is 191 Å². The number of methoxy groups -OCH3 is 2. The zero-order chi connectivity index (χ0) is 20.6. The topological polar surface area (TPSA) is 83.5 Å². The lowest BCUT2D eigenvalue weighted by atomic mass is 10.1. The molecule has 1 aliphatic heterocycles. The van der Waals surface area contributed by atoms with Crippen molar-refractivity contribution >= 4 is 39.8 Å². The summed E-state index contributed by atoms with van der Waals surface area (Å²) in [5.41, 5.74) is 1.10. The Morgan fingerprint density at radius 1 is 1.17 bits per heavy atom. The Hall–Kier alpha value is -1.27. The van der Waals surface area contributed by atoms with Crippen molar-refractivity contribution in [2.75, 3.05) is 65.5 Å². The molecule has 0 unspecified atom stereocenters. The van der Waals surface area contributed by atoms with Crippen LogP contribution in [0, 0.1) is 0 Å². The second-order valence-corrected chi connectivity index (χ2v) is 9.12. The third kappa shape index (κ3) is 7.82. The summed E-state index contributed by atoms with van der Waals surface area (Å²) < 4.78 is 34.1. The lowest BCUT2D eigenvalue weighted by Crippen LogP contribution is -2.52. The van der Waals surface area contributed by atoms with Crippen LogP contribution in [0.5, 0.6) is 11.5 Å². The molecule has 1 fully saturated rings. The molecule has 0 aliphatic carbocycles. The third-order valence-corrected chi connectivity index (χ3v) is 6.61. The zero-order valence-electron chi connectivity index (χ0n) is 17.7. The summed E-state index contributed by atoms with van der Waals surface area (Å²) in [5.74, 6) is 2.72. The fourth-order valence-electron chi connectivity index (χ4n) is 3.16. The highest BCUT2D eigenvalue weighted by molar-refractivity contribution is 14.0. The van der Waals surface area contributed by atoms with Gasteiger partial charge in [-0.05, 0) is 18.2 Å². The Morgan fingerprint density at radius 2 is 1.86 bits per heavy atom. The van der Waals surface area contributed by atoms with Gasteiger partial charge in [0, 0.05) is 57.6 Å². The SMILES string of the molecule is CCS(=O)(=O)CCNC(=NC)N1CCN(Cc2cc(OC)ccc2OC)CC1.I. The first-order valence-electron chi connectivity index (χ1n) is 9.51. The number of halogens is 1. The predicted molar refractivity (Wildman–Crippen MR) is 128 cm³/mol. The number of piperazine rings is 1. The van der Waals surface area contributed by atoms with Crippen LogP contribution in [0.4, 0.5) is 0 Å². The van der Waals surface area contributed by atoms with Crippen molar-refractivity contribution in [2.45, 2.75) is 13.5 Å². The molecule has 1 N–H and O–H groups in total. The number of nitrogens with zero attached hydrogens (tertiary/aromatic N) is 3. The summed E-state index contributed by atoms with van der Waals surface area (Å²) in [6.45, 7) is 6.25. The highest BCUT2D eigenvalue weighted by atomic mass is 127. The van der Waals surface area contributed by atoms with E-state index in [2.05, 4.69) is 20.1 Å². The molecule has 29 heavy (non-hydrogen) atoms. The average Bonchev–Trinajstić information content (AvgIpc) is 2.72. The van der Waals surface area contributed by atoms with Crippen molar-refractivity contribution in [1.82, 2.24) is 15.1 Å². The van der Waals surface area contributed by atoms with Gasteiger partial charge >= 0.3 is 0 Å². The normalized spacial score (nSPS) is 15.6. The van der Waals surface area contributed by atoms with E-state index in [1.807, 2.05) is 18.2 Å². The van der Waals surface area contributed by atoms with Gasteiger partial charge in [-0.25, -0.2) is 8.42 Å². The van der Waals surface area contributed by atoms with E-state index in [1.54, 1.807) is 28.2 Å². The number of aliphatic imine (C=N–C) groups is 1. The maximum Gasteiger partial charge on any atom is 0.193 e. The van der Waals surface area contributed by atoms with Crippen molar-refractivity contribution in [1.29, 1.82) is 0 Å². The Balaban J connectivity index is 0.00000420. The lowest BCUT2D eigenvalue weighted by Gasteiger charge is -2.36. The van der Waals surface area contributed by atoms with E-state index in [1.165, 1.54) is 0 Å². The second-order valence-electron chi connectivity index (χ2n) is 6.65. The van der Waals surface area contributed by atoms with Crippen LogP contribution in [0.2, 0.25) is 0 Å². The highest BCUT2D eigenvalue weighted by Gasteiger charge is 2.21. The van der Waals surface area contributed by atoms with E-state index in [0.717, 1.165) is 55.7 Å². The van der Waals surface area contributed by atoms with Crippen molar-refractivity contribution < 1.29 is 17.9 Å². The minimum Gasteiger partial charge on any atom is -0.497 e. The van der Waals surface area contributed by atoms with Gasteiger partial charge in [-0.1, -0.05) is 6.92 Å². The third-order valence-electron chi connectivity index (χ3n) is 4.90. The predicted octanol–water partition coefficient (Wildman–Crippen LogP) is 1.45. The molecule has 0 amide bonds. The number of hydrogen-bond acceptors (Lipinski definition) is 6. The van der Waals surface area contributed by atoms with Gasteiger partial charge in [0.15, 0.2) is 15.8 Å². The van der Waals surface area contributed by atoms with E-state index < -0.39 is 9.84 Å². The first kappa shape index (κ1) is 25.8. The number of sulfone groups is 1. The van der Waals surface area contributed by atoms with E-state index in [0.29, 0.717) is 6.54 Å². The van der Waals surface area contributed by atoms with Crippen molar-refractivity contribution in [3.05, 3.63) is 23.8 Å². The first-order chi connectivity index (χ1) is 13.4. The molecule has 0 radical (unpaired) electrons. The summed E-state index contributed by atoms with van der Waals surface area (Å²) in [6, 6.07) is 5.84. The van der Waals surface area contributed by atoms with Crippen LogP contribution in [0.1, 0.15) is 12.5 Å². The van der Waals surface area contributed by atoms with Crippen molar-refractivity contribution in [3.8, 4) is 11.5 Å². The molecular weight excluding hydrogens is 507 g/mol. The summed E-state index contributed by atoms with van der Waals surface area (Å²) in [7, 11) is 2.09. The molecule has 1 aromatic rings. The smallest absolute Gasteiger partial charge is 0.193 e. The zero-order valence-corrected chi connectivity index (χ0v) is 20.8. The number of benzene rings is 1. The van der Waals surface area contributed by atoms with Gasteiger partial charge < -0.3 is 19.7 Å². The molecule has 0 saturated carbocycles. The van der Waals surface area contributed by atoms with E-state index in [9.17, 15) is 8.42 Å². The second kappa shape index (κ2) is 12.4. The summed E-state index contributed by atoms with van der Waals surface area (Å²) in [6.07, 6.45) is 0. The maximum atomic E-state index is 11.6. The summed E-state index contributed by atoms with van der Waals surface area (Å²) >= 11 is 0. The number of hydrogen-bond donors (Lipinski definition) is 1. The van der Waals surface area contributed by atoms with Crippen molar-refractivity contribution in [2.24, 2.45) is 4.99 Å². The Bertz CT molecular complexity index is 765.